The largest absolute Gasteiger partial charge is 0.468 e. The van der Waals surface area contributed by atoms with Crippen molar-refractivity contribution in [2.45, 2.75) is 25.7 Å². The molecule has 3 heteroatoms. The van der Waals surface area contributed by atoms with Crippen molar-refractivity contribution in [1.82, 2.24) is 0 Å². The van der Waals surface area contributed by atoms with Crippen molar-refractivity contribution >= 4 is 11.8 Å². The van der Waals surface area contributed by atoms with E-state index in [2.05, 4.69) is 0 Å². The Bertz CT molecular complexity index is 306. The number of carbonyl (C=O) groups is 2. The zero-order valence-electron chi connectivity index (χ0n) is 8.29. The summed E-state index contributed by atoms with van der Waals surface area (Å²) in [6.07, 6.45) is 3.59. The van der Waals surface area contributed by atoms with Crippen LogP contribution in [0, 0.1) is 23.2 Å². The van der Waals surface area contributed by atoms with E-state index in [0.29, 0.717) is 11.8 Å². The van der Waals surface area contributed by atoms with Crippen LogP contribution in [0.5, 0.6) is 0 Å². The quantitative estimate of drug-likeness (QED) is 0.465. The molecule has 0 N–H and O–H groups in total. The van der Waals surface area contributed by atoms with Crippen LogP contribution in [0.2, 0.25) is 0 Å². The van der Waals surface area contributed by atoms with Crippen LogP contribution in [0.25, 0.3) is 0 Å². The number of ketones is 1. The molecule has 2 unspecified atom stereocenters. The molecule has 4 aliphatic carbocycles. The summed E-state index contributed by atoms with van der Waals surface area (Å²) in [5.74, 6) is 1.31. The molecule has 0 radical (unpaired) electrons. The van der Waals surface area contributed by atoms with Gasteiger partial charge in [-0.1, -0.05) is 0 Å². The van der Waals surface area contributed by atoms with Crippen LogP contribution in [0.3, 0.4) is 0 Å². The fourth-order valence-corrected chi connectivity index (χ4v) is 3.96. The molecule has 4 aliphatic rings. The standard InChI is InChI=1S/C11H14O3/c1-14-10(13)11-4-7-2-6(9(11)12)3-8(7)5-11/h6-8H,2-5H2,1H3. The zero-order valence-corrected chi connectivity index (χ0v) is 8.29. The molecule has 0 spiro atoms. The summed E-state index contributed by atoms with van der Waals surface area (Å²) >= 11 is 0. The van der Waals surface area contributed by atoms with Gasteiger partial charge in [0.25, 0.3) is 0 Å². The highest BCUT2D eigenvalue weighted by Gasteiger charge is 2.65. The van der Waals surface area contributed by atoms with Gasteiger partial charge in [-0.2, -0.15) is 0 Å². The van der Waals surface area contributed by atoms with Gasteiger partial charge in [-0.15, -0.1) is 0 Å². The number of carbonyl (C=O) groups excluding carboxylic acids is 2. The molecule has 0 aromatic heterocycles. The summed E-state index contributed by atoms with van der Waals surface area (Å²) < 4.78 is 4.79. The lowest BCUT2D eigenvalue weighted by Crippen LogP contribution is -2.45. The van der Waals surface area contributed by atoms with E-state index in [0.717, 1.165) is 25.7 Å². The molecule has 0 aliphatic heterocycles. The van der Waals surface area contributed by atoms with E-state index < -0.39 is 5.41 Å². The van der Waals surface area contributed by atoms with Crippen LogP contribution >= 0.6 is 0 Å². The lowest BCUT2D eigenvalue weighted by atomic mass is 9.68. The van der Waals surface area contributed by atoms with Crippen molar-refractivity contribution in [3.8, 4) is 0 Å². The van der Waals surface area contributed by atoms with E-state index in [1.165, 1.54) is 7.11 Å². The average molecular weight is 194 g/mol. The van der Waals surface area contributed by atoms with Gasteiger partial charge in [-0.25, -0.2) is 0 Å². The van der Waals surface area contributed by atoms with Crippen LogP contribution in [0.1, 0.15) is 25.7 Å². The van der Waals surface area contributed by atoms with Crippen molar-refractivity contribution in [2.24, 2.45) is 23.2 Å². The maximum absolute atomic E-state index is 12.0. The normalized spacial score (nSPS) is 48.6. The van der Waals surface area contributed by atoms with Gasteiger partial charge in [-0.3, -0.25) is 9.59 Å². The summed E-state index contributed by atoms with van der Waals surface area (Å²) in [5.41, 5.74) is -0.717. The second-order valence-electron chi connectivity index (χ2n) is 5.03. The fraction of sp³-hybridized carbons (Fsp3) is 0.818. The SMILES string of the molecule is COC(=O)C12CC3CC(CC3C1)C2=O. The molecule has 2 atom stereocenters. The minimum absolute atomic E-state index is 0.173. The lowest BCUT2D eigenvalue weighted by molar-refractivity contribution is -0.162. The number of esters is 1. The number of methoxy groups -OCH3 is 1. The maximum atomic E-state index is 12.0. The summed E-state index contributed by atoms with van der Waals surface area (Å²) in [4.78, 5) is 23.7. The molecule has 76 valence electrons. The van der Waals surface area contributed by atoms with Crippen molar-refractivity contribution in [3.05, 3.63) is 0 Å². The van der Waals surface area contributed by atoms with Gasteiger partial charge in [0.15, 0.2) is 5.78 Å². The predicted molar refractivity (Wildman–Crippen MR) is 48.4 cm³/mol. The van der Waals surface area contributed by atoms with Gasteiger partial charge in [0.1, 0.15) is 5.41 Å². The van der Waals surface area contributed by atoms with Gasteiger partial charge in [0, 0.05) is 5.92 Å². The Morgan fingerprint density at radius 3 is 2.43 bits per heavy atom. The molecule has 4 bridgehead atoms. The minimum atomic E-state index is -0.717. The minimum Gasteiger partial charge on any atom is -0.468 e. The van der Waals surface area contributed by atoms with Gasteiger partial charge in [0.05, 0.1) is 7.11 Å². The van der Waals surface area contributed by atoms with E-state index in [9.17, 15) is 9.59 Å². The summed E-state index contributed by atoms with van der Waals surface area (Å²) in [6.45, 7) is 0. The average Bonchev–Trinajstić information content (AvgIpc) is 2.64. The fourth-order valence-electron chi connectivity index (χ4n) is 3.96. The molecule has 4 rings (SSSR count). The van der Waals surface area contributed by atoms with Gasteiger partial charge >= 0.3 is 5.97 Å². The monoisotopic (exact) mass is 194 g/mol. The van der Waals surface area contributed by atoms with Gasteiger partial charge in [-0.05, 0) is 37.5 Å². The molecule has 0 aromatic carbocycles. The second-order valence-corrected chi connectivity index (χ2v) is 5.03. The van der Waals surface area contributed by atoms with Crippen LogP contribution in [0.15, 0.2) is 0 Å². The van der Waals surface area contributed by atoms with E-state index in [-0.39, 0.29) is 17.7 Å². The van der Waals surface area contributed by atoms with Crippen molar-refractivity contribution in [2.75, 3.05) is 7.11 Å². The van der Waals surface area contributed by atoms with Crippen molar-refractivity contribution in [3.63, 3.8) is 0 Å². The first-order valence-electron chi connectivity index (χ1n) is 5.30. The zero-order chi connectivity index (χ0) is 9.92. The topological polar surface area (TPSA) is 43.4 Å². The van der Waals surface area contributed by atoms with E-state index in [1.54, 1.807) is 0 Å². The molecule has 4 saturated carbocycles. The first kappa shape index (κ1) is 8.45. The van der Waals surface area contributed by atoms with E-state index in [1.807, 2.05) is 0 Å². The summed E-state index contributed by atoms with van der Waals surface area (Å²) in [7, 11) is 1.39. The molecular formula is C11H14O3. The van der Waals surface area contributed by atoms with Gasteiger partial charge < -0.3 is 4.74 Å². The Morgan fingerprint density at radius 1 is 1.36 bits per heavy atom. The Labute approximate surface area is 82.8 Å². The maximum Gasteiger partial charge on any atom is 0.319 e. The van der Waals surface area contributed by atoms with Crippen molar-refractivity contribution in [1.29, 1.82) is 0 Å². The van der Waals surface area contributed by atoms with E-state index >= 15 is 0 Å². The predicted octanol–water partition coefficient (Wildman–Crippen LogP) is 1.16. The molecule has 0 amide bonds. The third-order valence-electron chi connectivity index (χ3n) is 4.48. The van der Waals surface area contributed by atoms with Crippen LogP contribution in [-0.4, -0.2) is 18.9 Å². The number of Topliss-reactive ketones (excluding diaryl/α,β-unsaturated/α-hetero) is 1. The highest BCUT2D eigenvalue weighted by molar-refractivity contribution is 6.06. The smallest absolute Gasteiger partial charge is 0.319 e. The van der Waals surface area contributed by atoms with E-state index in [4.69, 9.17) is 4.74 Å². The Balaban J connectivity index is 2.02. The third-order valence-corrected chi connectivity index (χ3v) is 4.48. The summed E-state index contributed by atoms with van der Waals surface area (Å²) in [5, 5.41) is 0. The number of rotatable bonds is 1. The molecule has 14 heavy (non-hydrogen) atoms. The van der Waals surface area contributed by atoms with Crippen LogP contribution in [0.4, 0.5) is 0 Å². The molecular weight excluding hydrogens is 180 g/mol. The third kappa shape index (κ3) is 0.748. The molecule has 0 aromatic rings. The molecule has 4 fully saturated rings. The highest BCUT2D eigenvalue weighted by atomic mass is 16.5. The molecule has 3 nitrogen and oxygen atoms in total. The number of hydrogen-bond donors (Lipinski definition) is 0. The number of hydrogen-bond acceptors (Lipinski definition) is 3. The lowest BCUT2D eigenvalue weighted by Gasteiger charge is -2.33. The Kier molecular flexibility index (Phi) is 1.44. The van der Waals surface area contributed by atoms with Crippen LogP contribution in [-0.2, 0) is 14.3 Å². The highest BCUT2D eigenvalue weighted by Crippen LogP contribution is 2.62. The molecule has 0 heterocycles. The molecule has 0 saturated heterocycles. The summed E-state index contributed by atoms with van der Waals surface area (Å²) in [6, 6.07) is 0. The first-order valence-corrected chi connectivity index (χ1v) is 5.30. The number of ether oxygens (including phenoxy) is 1. The van der Waals surface area contributed by atoms with Gasteiger partial charge in [0.2, 0.25) is 0 Å². The van der Waals surface area contributed by atoms with Crippen LogP contribution < -0.4 is 0 Å². The first-order chi connectivity index (χ1) is 6.67. The second kappa shape index (κ2) is 2.38. The Hall–Kier alpha value is -0.860. The Morgan fingerprint density at radius 2 is 1.93 bits per heavy atom. The van der Waals surface area contributed by atoms with Crippen molar-refractivity contribution < 1.29 is 14.3 Å².